The summed E-state index contributed by atoms with van der Waals surface area (Å²) in [5, 5.41) is 63.8. The number of carboxylic acids is 1. The number of primary amides is 3. The Morgan fingerprint density at radius 1 is 0.461 bits per heavy atom. The molecule has 1 saturated heterocycles. The van der Waals surface area contributed by atoms with Gasteiger partial charge in [0, 0.05) is 56.2 Å². The van der Waals surface area contributed by atoms with Crippen molar-refractivity contribution < 1.29 is 106 Å². The smallest absolute Gasteiger partial charge is 0.305 e. The number of nitrogens with zero attached hydrogens (tertiary/aromatic N) is 2. The molecule has 0 bridgehead atoms. The molecule has 5 aromatic rings. The number of aliphatic hydroxyl groups is 1. The van der Waals surface area contributed by atoms with Gasteiger partial charge in [0.1, 0.15) is 84.3 Å². The Kier molecular flexibility index (Phi) is 39.8. The van der Waals surface area contributed by atoms with Crippen LogP contribution in [0.15, 0.2) is 109 Å². The molecule has 18 amide bonds. The van der Waals surface area contributed by atoms with Crippen LogP contribution in [-0.2, 0) is 110 Å². The second-order valence-electron chi connectivity index (χ2n) is 32.8. The minimum atomic E-state index is -2.12. The van der Waals surface area contributed by atoms with Crippen molar-refractivity contribution in [1.82, 2.24) is 83.9 Å². The predicted octanol–water partition coefficient (Wildman–Crippen LogP) is -3.34. The fourth-order valence-electron chi connectivity index (χ4n) is 13.7. The van der Waals surface area contributed by atoms with E-state index >= 15 is 19.2 Å². The Morgan fingerprint density at radius 3 is 1.38 bits per heavy atom. The molecule has 0 radical (unpaired) electrons. The normalized spacial score (nSPS) is 23.2. The monoisotopic (exact) mass is 1800 g/mol. The van der Waals surface area contributed by atoms with Gasteiger partial charge in [-0.1, -0.05) is 140 Å². The SMILES string of the molecule is CC(C)C[C@@H]1NC(=O)[C@H](Cc2c[nH]c3ccccc23)NC(=O)[C@H](CC(=O)O)NC(=O)[C@H](Cc2ccc(O)cc2)NC(=O)[C@H](CC(N)=O)NC(=O)CSC[C@@H](C(=O)NCC(N)=O)NC(=O)[C@H](CO)NC(=O)[C@H](C(C)C)NC(=O)[C@H](CC(C)C)NC(=O)[C@H](CC(N)=O)NC(=O)CN(C)C(=O)[C@H](C)N(C)C(=O)[C@H](C(C)C)NC(=O)[C@H](Cc2ccc(-c3ccccc3)cc2)NC1=O. The topological polar surface area (TPSA) is 642 Å². The minimum absolute atomic E-state index is 0.139. The largest absolute Gasteiger partial charge is 0.508 e. The summed E-state index contributed by atoms with van der Waals surface area (Å²) in [6.07, 6.45) is -2.90. The van der Waals surface area contributed by atoms with Crippen LogP contribution in [0.1, 0.15) is 111 Å². The van der Waals surface area contributed by atoms with Crippen LogP contribution in [0.2, 0.25) is 0 Å². The molecule has 694 valence electrons. The third-order valence-corrected chi connectivity index (χ3v) is 21.6. The summed E-state index contributed by atoms with van der Waals surface area (Å²) < 4.78 is 0. The lowest BCUT2D eigenvalue weighted by atomic mass is 9.97. The number of benzene rings is 4. The molecule has 2 heterocycles. The van der Waals surface area contributed by atoms with E-state index in [0.29, 0.717) is 33.8 Å². The van der Waals surface area contributed by atoms with Crippen molar-refractivity contribution in [2.75, 3.05) is 45.3 Å². The van der Waals surface area contributed by atoms with E-state index in [1.807, 2.05) is 30.3 Å². The summed E-state index contributed by atoms with van der Waals surface area (Å²) in [4.78, 5) is 273. The Morgan fingerprint density at radius 2 is 0.883 bits per heavy atom. The number of aromatic hydroxyl groups is 1. The van der Waals surface area contributed by atoms with E-state index in [4.69, 9.17) is 17.2 Å². The number of thioether (sulfide) groups is 1. The van der Waals surface area contributed by atoms with Gasteiger partial charge in [-0.3, -0.25) is 91.1 Å². The van der Waals surface area contributed by atoms with Crippen LogP contribution in [0, 0.1) is 23.7 Å². The van der Waals surface area contributed by atoms with Crippen LogP contribution in [0.25, 0.3) is 22.0 Å². The van der Waals surface area contributed by atoms with Crippen molar-refractivity contribution in [3.63, 3.8) is 0 Å². The van der Waals surface area contributed by atoms with Crippen LogP contribution in [0.5, 0.6) is 5.75 Å². The quantitative estimate of drug-likeness (QED) is 0.0304. The standard InChI is InChI=1S/C86H117N19O22S/c1-43(2)29-56-75(116)97-59(31-48-21-25-51(26-22-48)50-17-13-12-14-18-50)82(123)103-73(46(7)8)86(127)105(11)47(9)85(126)104(10)39-69(111)92-61(34-66(87)108)78(119)95-57(30-44(3)4)81(122)102-72(45(5)6)84(125)100-64(40-106)83(124)101-65(74(115)91-38-68(89)110)41-128-42-70(112)93-62(35-67(88)109)79(120)96-58(32-49-23-27-53(107)28-24-49)76(117)99-63(36-71(113)114)80(121)98-60(77(118)94-56)33-52-37-90-55-20-16-15-19-54(52)55/h12-28,37,43-47,56-65,72-73,90,106-107H,29-36,38-42H2,1-11H3,(H2,87,108)(H2,88,109)(H2,89,110)(H,91,115)(H,92,111)(H,93,112)(H,94,118)(H,95,119)(H,96,120)(H,97,116)(H,98,121)(H,99,117)(H,100,125)(H,101,124)(H,102,122)(H,103,123)(H,113,114)/t47-,56-,57-,58-,59-,60-,61-,62-,63-,64-,65-,72-,73-/m0/s1. The fourth-order valence-corrected chi connectivity index (χ4v) is 14.5. The molecule has 42 heteroatoms. The molecule has 0 aliphatic carbocycles. The minimum Gasteiger partial charge on any atom is -0.508 e. The highest BCUT2D eigenvalue weighted by atomic mass is 32.2. The van der Waals surface area contributed by atoms with Crippen LogP contribution in [0.3, 0.4) is 0 Å². The number of hydrogen-bond donors (Lipinski definition) is 20. The molecule has 4 aromatic carbocycles. The van der Waals surface area contributed by atoms with Gasteiger partial charge >= 0.3 is 5.97 Å². The van der Waals surface area contributed by atoms with Gasteiger partial charge < -0.3 is 116 Å². The number of carboxylic acid groups (broad SMARTS) is 1. The number of rotatable bonds is 23. The van der Waals surface area contributed by atoms with E-state index in [1.165, 1.54) is 65.3 Å². The molecule has 0 unspecified atom stereocenters. The van der Waals surface area contributed by atoms with Crippen LogP contribution in [-0.4, -0.2) is 266 Å². The van der Waals surface area contributed by atoms with Gasteiger partial charge in [0.05, 0.1) is 44.7 Å². The van der Waals surface area contributed by atoms with Crippen LogP contribution in [0.4, 0.5) is 0 Å². The Bertz CT molecular complexity index is 4820. The van der Waals surface area contributed by atoms with Crippen molar-refractivity contribution in [1.29, 1.82) is 0 Å². The van der Waals surface area contributed by atoms with E-state index < -0.39 is 265 Å². The summed E-state index contributed by atoms with van der Waals surface area (Å²) in [5.74, 6) is -25.1. The average molecular weight is 1800 g/mol. The molecule has 1 aliphatic rings. The number of nitrogens with two attached hydrogens (primary N) is 3. The number of likely N-dealkylation sites (N-methyl/N-ethyl adjacent to an activating group) is 2. The first kappa shape index (κ1) is 103. The lowest BCUT2D eigenvalue weighted by Crippen LogP contribution is -2.61. The molecule has 41 nitrogen and oxygen atoms in total. The van der Waals surface area contributed by atoms with E-state index in [9.17, 15) is 87.2 Å². The first-order valence-electron chi connectivity index (χ1n) is 41.5. The maximum atomic E-state index is 15.3. The molecule has 1 fully saturated rings. The van der Waals surface area contributed by atoms with E-state index in [-0.39, 0.29) is 42.9 Å². The molecule has 128 heavy (non-hydrogen) atoms. The third kappa shape index (κ3) is 32.5. The zero-order valence-corrected chi connectivity index (χ0v) is 73.8. The van der Waals surface area contributed by atoms with E-state index in [1.54, 1.807) is 90.1 Å². The lowest BCUT2D eigenvalue weighted by molar-refractivity contribution is -0.147. The van der Waals surface area contributed by atoms with Gasteiger partial charge in [-0.25, -0.2) is 0 Å². The molecule has 1 aromatic heterocycles. The molecule has 1 aliphatic heterocycles. The van der Waals surface area contributed by atoms with Crippen molar-refractivity contribution >= 4 is 135 Å². The second kappa shape index (κ2) is 49.4. The highest BCUT2D eigenvalue weighted by Gasteiger charge is 2.41. The molecule has 23 N–H and O–H groups in total. The average Bonchev–Trinajstić information content (AvgIpc) is 1.57. The Labute approximate surface area is 743 Å². The van der Waals surface area contributed by atoms with Crippen molar-refractivity contribution in [2.45, 2.75) is 192 Å². The highest BCUT2D eigenvalue weighted by molar-refractivity contribution is 8.00. The zero-order chi connectivity index (χ0) is 95.1. The number of phenolic OH excluding ortho intramolecular Hbond substituents is 1. The molecule has 13 atom stereocenters. The molecular formula is C86H117N19O22S. The number of carbonyl (C=O) groups is 19. The molecule has 0 saturated carbocycles. The van der Waals surface area contributed by atoms with Crippen molar-refractivity contribution in [3.05, 3.63) is 126 Å². The second-order valence-corrected chi connectivity index (χ2v) is 33.8. The number of aromatic nitrogens is 1. The number of hydrogen-bond acceptors (Lipinski definition) is 22. The molecule has 6 rings (SSSR count). The van der Waals surface area contributed by atoms with Gasteiger partial charge in [0.25, 0.3) is 0 Å². The Hall–Kier alpha value is -13.5. The third-order valence-electron chi connectivity index (χ3n) is 20.6. The molecular weight excluding hydrogens is 1680 g/mol. The summed E-state index contributed by atoms with van der Waals surface area (Å²) in [5.41, 5.74) is 19.8. The van der Waals surface area contributed by atoms with E-state index in [0.717, 1.165) is 20.9 Å². The Balaban J connectivity index is 1.45. The fraction of sp³-hybridized carbons (Fsp3) is 0.477. The maximum absolute atomic E-state index is 15.3. The first-order chi connectivity index (χ1) is 60.3. The van der Waals surface area contributed by atoms with E-state index in [2.05, 4.69) is 74.1 Å². The number of amides is 18. The van der Waals surface area contributed by atoms with Gasteiger partial charge in [-0.2, -0.15) is 0 Å². The summed E-state index contributed by atoms with van der Waals surface area (Å²) in [7, 11) is 2.45. The summed E-state index contributed by atoms with van der Waals surface area (Å²) in [6.45, 7) is 11.5. The number of aliphatic carboxylic acids is 1. The summed E-state index contributed by atoms with van der Waals surface area (Å²) >= 11 is 0.598. The van der Waals surface area contributed by atoms with Gasteiger partial charge in [0.15, 0.2) is 0 Å². The number of carbonyl (C=O) groups excluding carboxylic acids is 18. The van der Waals surface area contributed by atoms with Crippen molar-refractivity contribution in [2.24, 2.45) is 40.9 Å². The number of phenols is 1. The van der Waals surface area contributed by atoms with Crippen LogP contribution < -0.4 is 86.3 Å². The number of aliphatic hydroxyl groups excluding tert-OH is 1. The summed E-state index contributed by atoms with van der Waals surface area (Å²) in [6, 6.07) is 6.03. The predicted molar refractivity (Wildman–Crippen MR) is 468 cm³/mol. The zero-order valence-electron chi connectivity index (χ0n) is 73.0. The number of nitrogens with one attached hydrogen (secondary N) is 14. The van der Waals surface area contributed by atoms with Gasteiger partial charge in [0.2, 0.25) is 106 Å². The van der Waals surface area contributed by atoms with Gasteiger partial charge in [-0.15, -0.1) is 11.8 Å². The maximum Gasteiger partial charge on any atom is 0.305 e. The van der Waals surface area contributed by atoms with Crippen molar-refractivity contribution in [3.8, 4) is 16.9 Å². The number of aromatic amines is 1. The van der Waals surface area contributed by atoms with Gasteiger partial charge in [-0.05, 0) is 89.5 Å². The lowest BCUT2D eigenvalue weighted by Gasteiger charge is -2.33. The highest BCUT2D eigenvalue weighted by Crippen LogP contribution is 2.24. The number of H-pyrrole nitrogens is 1. The number of para-hydroxylation sites is 1. The molecule has 0 spiro atoms. The first-order valence-corrected chi connectivity index (χ1v) is 42.6. The van der Waals surface area contributed by atoms with Crippen LogP contribution >= 0.6 is 11.8 Å². The number of fused-ring (bicyclic) bond motifs is 1.